The topological polar surface area (TPSA) is 46.3 Å². The van der Waals surface area contributed by atoms with Gasteiger partial charge in [0.2, 0.25) is 0 Å². The van der Waals surface area contributed by atoms with Crippen LogP contribution in [0.3, 0.4) is 0 Å². The van der Waals surface area contributed by atoms with Crippen molar-refractivity contribution in [3.63, 3.8) is 0 Å². The fraction of sp³-hybridized carbons (Fsp3) is 0.350. The first-order valence-electron chi connectivity index (χ1n) is 8.69. The van der Waals surface area contributed by atoms with Crippen molar-refractivity contribution >= 4 is 18.3 Å². The van der Waals surface area contributed by atoms with Crippen LogP contribution in [0.5, 0.6) is 0 Å². The van der Waals surface area contributed by atoms with Crippen LogP contribution in [0.4, 0.5) is 17.6 Å². The number of halogens is 5. The molecule has 2 unspecified atom stereocenters. The number of hydrogen-bond donors (Lipinski definition) is 1. The van der Waals surface area contributed by atoms with Crippen LogP contribution in [0.2, 0.25) is 0 Å². The Kier molecular flexibility index (Phi) is 6.72. The van der Waals surface area contributed by atoms with Crippen molar-refractivity contribution in [2.24, 2.45) is 11.7 Å². The largest absolute Gasteiger partial charge is 0.416 e. The number of nitrogens with two attached hydrogens (primary N) is 1. The highest BCUT2D eigenvalue weighted by atomic mass is 35.5. The molecule has 0 saturated carbocycles. The number of rotatable bonds is 3. The van der Waals surface area contributed by atoms with Crippen LogP contribution in [-0.4, -0.2) is 29.9 Å². The highest BCUT2D eigenvalue weighted by molar-refractivity contribution is 6.01. The molecule has 0 aromatic heterocycles. The summed E-state index contributed by atoms with van der Waals surface area (Å²) in [5, 5.41) is 0. The molecule has 0 bridgehead atoms. The standard InChI is InChI=1S/C20H20F4N2O.ClH/c1-12-7-13(10-25)11-26(12)19(27)18-9-16(21)5-6-17(18)14-3-2-4-15(8-14)20(22,23)24;/h2-6,8-9,12-13H,7,10-11,25H2,1H3;1H. The third-order valence-electron chi connectivity index (χ3n) is 4.97. The van der Waals surface area contributed by atoms with Crippen LogP contribution < -0.4 is 5.73 Å². The maximum Gasteiger partial charge on any atom is 0.416 e. The summed E-state index contributed by atoms with van der Waals surface area (Å²) in [7, 11) is 0. The number of hydrogen-bond acceptors (Lipinski definition) is 2. The van der Waals surface area contributed by atoms with Gasteiger partial charge in [-0.05, 0) is 61.2 Å². The number of alkyl halides is 3. The summed E-state index contributed by atoms with van der Waals surface area (Å²) in [6, 6.07) is 8.20. The maximum atomic E-state index is 13.8. The zero-order valence-electron chi connectivity index (χ0n) is 15.2. The lowest BCUT2D eigenvalue weighted by atomic mass is 9.96. The lowest BCUT2D eigenvalue weighted by Gasteiger charge is -2.23. The summed E-state index contributed by atoms with van der Waals surface area (Å²) in [4.78, 5) is 14.7. The van der Waals surface area contributed by atoms with Crippen molar-refractivity contribution in [1.82, 2.24) is 4.90 Å². The molecule has 1 aliphatic heterocycles. The van der Waals surface area contributed by atoms with Crippen molar-refractivity contribution in [2.45, 2.75) is 25.6 Å². The Bertz CT molecular complexity index is 856. The van der Waals surface area contributed by atoms with Gasteiger partial charge in [0.1, 0.15) is 5.82 Å². The van der Waals surface area contributed by atoms with E-state index >= 15 is 0 Å². The van der Waals surface area contributed by atoms with Gasteiger partial charge in [-0.15, -0.1) is 12.4 Å². The number of carbonyl (C=O) groups is 1. The second-order valence-corrected chi connectivity index (χ2v) is 6.91. The van der Waals surface area contributed by atoms with Gasteiger partial charge in [0.15, 0.2) is 0 Å². The molecule has 1 heterocycles. The minimum atomic E-state index is -4.50. The predicted octanol–water partition coefficient (Wildman–Crippen LogP) is 4.74. The molecule has 2 N–H and O–H groups in total. The third kappa shape index (κ3) is 4.47. The number of carbonyl (C=O) groups excluding carboxylic acids is 1. The molecule has 1 aliphatic rings. The number of nitrogens with zero attached hydrogens (tertiary/aromatic N) is 1. The summed E-state index contributed by atoms with van der Waals surface area (Å²) < 4.78 is 53.0. The smallest absolute Gasteiger partial charge is 0.336 e. The minimum Gasteiger partial charge on any atom is -0.336 e. The molecule has 152 valence electrons. The van der Waals surface area contributed by atoms with Crippen LogP contribution in [-0.2, 0) is 6.18 Å². The van der Waals surface area contributed by atoms with E-state index in [2.05, 4.69) is 0 Å². The third-order valence-corrected chi connectivity index (χ3v) is 4.97. The minimum absolute atomic E-state index is 0. The Hall–Kier alpha value is -2.12. The molecular formula is C20H21ClF4N2O. The molecule has 0 radical (unpaired) electrons. The lowest BCUT2D eigenvalue weighted by molar-refractivity contribution is -0.137. The molecule has 28 heavy (non-hydrogen) atoms. The van der Waals surface area contributed by atoms with E-state index < -0.39 is 23.5 Å². The Morgan fingerprint density at radius 1 is 1.21 bits per heavy atom. The van der Waals surface area contributed by atoms with Crippen LogP contribution in [0, 0.1) is 11.7 Å². The molecule has 3 rings (SSSR count). The van der Waals surface area contributed by atoms with Gasteiger partial charge in [0.05, 0.1) is 11.1 Å². The first-order chi connectivity index (χ1) is 12.7. The summed E-state index contributed by atoms with van der Waals surface area (Å²) >= 11 is 0. The normalized spacial score (nSPS) is 19.4. The average molecular weight is 417 g/mol. The molecule has 1 fully saturated rings. The summed E-state index contributed by atoms with van der Waals surface area (Å²) in [5.74, 6) is -0.851. The lowest BCUT2D eigenvalue weighted by Crippen LogP contribution is -2.34. The molecule has 0 spiro atoms. The monoisotopic (exact) mass is 416 g/mol. The quantitative estimate of drug-likeness (QED) is 0.734. The molecule has 1 saturated heterocycles. The van der Waals surface area contributed by atoms with Crippen LogP contribution in [0.15, 0.2) is 42.5 Å². The SMILES string of the molecule is CC1CC(CN)CN1C(=O)c1cc(F)ccc1-c1cccc(C(F)(F)F)c1.Cl. The van der Waals surface area contributed by atoms with Gasteiger partial charge in [0, 0.05) is 12.6 Å². The Labute approximate surface area is 166 Å². The number of amides is 1. The van der Waals surface area contributed by atoms with Crippen LogP contribution in [0.1, 0.15) is 29.3 Å². The summed E-state index contributed by atoms with van der Waals surface area (Å²) in [6.07, 6.45) is -3.76. The highest BCUT2D eigenvalue weighted by Crippen LogP contribution is 2.34. The molecule has 2 atom stereocenters. The van der Waals surface area contributed by atoms with Crippen molar-refractivity contribution in [3.05, 3.63) is 59.4 Å². The highest BCUT2D eigenvalue weighted by Gasteiger charge is 2.34. The Balaban J connectivity index is 0.00000280. The van der Waals surface area contributed by atoms with Gasteiger partial charge in [0.25, 0.3) is 5.91 Å². The van der Waals surface area contributed by atoms with E-state index in [0.717, 1.165) is 30.7 Å². The van der Waals surface area contributed by atoms with E-state index in [1.54, 1.807) is 4.90 Å². The van der Waals surface area contributed by atoms with E-state index in [0.29, 0.717) is 13.1 Å². The fourth-order valence-corrected chi connectivity index (χ4v) is 3.56. The number of benzene rings is 2. The molecular weight excluding hydrogens is 396 g/mol. The van der Waals surface area contributed by atoms with Crippen LogP contribution in [0.25, 0.3) is 11.1 Å². The molecule has 2 aromatic rings. The van der Waals surface area contributed by atoms with Gasteiger partial charge in [-0.2, -0.15) is 13.2 Å². The second kappa shape index (κ2) is 8.49. The van der Waals surface area contributed by atoms with E-state index in [-0.39, 0.29) is 41.1 Å². The zero-order valence-corrected chi connectivity index (χ0v) is 16.0. The van der Waals surface area contributed by atoms with Gasteiger partial charge in [-0.25, -0.2) is 4.39 Å². The Morgan fingerprint density at radius 2 is 1.93 bits per heavy atom. The first kappa shape index (κ1) is 22.2. The molecule has 1 amide bonds. The van der Waals surface area contributed by atoms with E-state index in [1.807, 2.05) is 6.92 Å². The Morgan fingerprint density at radius 3 is 2.54 bits per heavy atom. The average Bonchev–Trinajstić information content (AvgIpc) is 3.01. The van der Waals surface area contributed by atoms with E-state index in [4.69, 9.17) is 5.73 Å². The van der Waals surface area contributed by atoms with Gasteiger partial charge in [-0.1, -0.05) is 18.2 Å². The van der Waals surface area contributed by atoms with Crippen molar-refractivity contribution in [2.75, 3.05) is 13.1 Å². The molecule has 2 aromatic carbocycles. The van der Waals surface area contributed by atoms with Crippen LogP contribution >= 0.6 is 12.4 Å². The van der Waals surface area contributed by atoms with E-state index in [9.17, 15) is 22.4 Å². The van der Waals surface area contributed by atoms with Gasteiger partial charge >= 0.3 is 6.18 Å². The predicted molar refractivity (Wildman–Crippen MR) is 102 cm³/mol. The molecule has 3 nitrogen and oxygen atoms in total. The van der Waals surface area contributed by atoms with Gasteiger partial charge < -0.3 is 10.6 Å². The summed E-state index contributed by atoms with van der Waals surface area (Å²) in [6.45, 7) is 2.78. The first-order valence-corrected chi connectivity index (χ1v) is 8.69. The van der Waals surface area contributed by atoms with Crippen molar-refractivity contribution < 1.29 is 22.4 Å². The summed E-state index contributed by atoms with van der Waals surface area (Å²) in [5.41, 5.74) is 5.42. The maximum absolute atomic E-state index is 13.8. The molecule has 0 aliphatic carbocycles. The van der Waals surface area contributed by atoms with Crippen molar-refractivity contribution in [3.8, 4) is 11.1 Å². The fourth-order valence-electron chi connectivity index (χ4n) is 3.56. The second-order valence-electron chi connectivity index (χ2n) is 6.91. The van der Waals surface area contributed by atoms with E-state index in [1.165, 1.54) is 18.2 Å². The molecule has 8 heteroatoms. The van der Waals surface area contributed by atoms with Crippen molar-refractivity contribution in [1.29, 1.82) is 0 Å². The number of likely N-dealkylation sites (tertiary alicyclic amines) is 1. The van der Waals surface area contributed by atoms with Gasteiger partial charge in [-0.3, -0.25) is 4.79 Å². The zero-order chi connectivity index (χ0) is 19.8.